The quantitative estimate of drug-likeness (QED) is 0.527. The van der Waals surface area contributed by atoms with Crippen LogP contribution in [0.15, 0.2) is 0 Å². The van der Waals surface area contributed by atoms with E-state index in [1.807, 2.05) is 0 Å². The van der Waals surface area contributed by atoms with Crippen molar-refractivity contribution in [1.82, 2.24) is 0 Å². The Labute approximate surface area is 66.6 Å². The smallest absolute Gasteiger partial charge is 0.0949 e. The summed E-state index contributed by atoms with van der Waals surface area (Å²) in [7, 11) is 0. The van der Waals surface area contributed by atoms with Crippen LogP contribution in [0.3, 0.4) is 0 Å². The first-order valence-corrected chi connectivity index (χ1v) is 3.27. The minimum Gasteiger partial charge on any atom is -0.394 e. The molecule has 0 radical (unpaired) electrons. The Bertz CT molecular complexity index is 106. The minimum absolute atomic E-state index is 0. The van der Waals surface area contributed by atoms with Crippen molar-refractivity contribution in [3.05, 3.63) is 0 Å². The number of aliphatic hydroxyl groups excluding tert-OH is 2. The largest absolute Gasteiger partial charge is 0.394 e. The molecule has 10 heavy (non-hydrogen) atoms. The number of nitrogens with two attached hydrogens (primary N) is 1. The van der Waals surface area contributed by atoms with Gasteiger partial charge in [0.1, 0.15) is 0 Å². The standard InChI is InChI=1S/C6H13NO2.ClH/c7-6(2-1-3-6)5(9)4-8;/h5,8-9H,1-4,7H2;1H. The second-order valence-corrected chi connectivity index (χ2v) is 2.79. The van der Waals surface area contributed by atoms with E-state index in [9.17, 15) is 0 Å². The van der Waals surface area contributed by atoms with Gasteiger partial charge in [0.25, 0.3) is 0 Å². The Kier molecular flexibility index (Phi) is 3.59. The van der Waals surface area contributed by atoms with E-state index in [1.54, 1.807) is 0 Å². The van der Waals surface area contributed by atoms with Gasteiger partial charge in [0.05, 0.1) is 12.7 Å². The zero-order valence-electron chi connectivity index (χ0n) is 5.79. The van der Waals surface area contributed by atoms with E-state index < -0.39 is 11.6 Å². The predicted octanol–water partition coefficient (Wildman–Crippen LogP) is -0.357. The van der Waals surface area contributed by atoms with Crippen molar-refractivity contribution in [3.63, 3.8) is 0 Å². The van der Waals surface area contributed by atoms with E-state index in [0.717, 1.165) is 19.3 Å². The van der Waals surface area contributed by atoms with Gasteiger partial charge in [-0.05, 0) is 19.3 Å². The predicted molar refractivity (Wildman–Crippen MR) is 41.1 cm³/mol. The van der Waals surface area contributed by atoms with Crippen molar-refractivity contribution in [2.75, 3.05) is 6.61 Å². The fraction of sp³-hybridized carbons (Fsp3) is 1.00. The molecule has 1 atom stereocenters. The molecule has 1 fully saturated rings. The van der Waals surface area contributed by atoms with Gasteiger partial charge in [-0.15, -0.1) is 12.4 Å². The van der Waals surface area contributed by atoms with Crippen LogP contribution < -0.4 is 5.73 Å². The van der Waals surface area contributed by atoms with Crippen LogP contribution in [0, 0.1) is 0 Å². The number of aliphatic hydroxyl groups is 2. The SMILES string of the molecule is Cl.NC1(C(O)CO)CCC1. The Morgan fingerprint density at radius 3 is 2.10 bits per heavy atom. The second kappa shape index (κ2) is 3.53. The first kappa shape index (κ1) is 10.2. The zero-order chi connectivity index (χ0) is 6.91. The molecule has 62 valence electrons. The normalized spacial score (nSPS) is 24.3. The molecule has 0 aromatic rings. The van der Waals surface area contributed by atoms with E-state index in [0.29, 0.717) is 0 Å². The summed E-state index contributed by atoms with van der Waals surface area (Å²) in [5, 5.41) is 17.6. The number of halogens is 1. The molecule has 0 spiro atoms. The first-order valence-electron chi connectivity index (χ1n) is 3.27. The average molecular weight is 168 g/mol. The molecule has 0 aromatic heterocycles. The molecule has 3 nitrogen and oxygen atoms in total. The van der Waals surface area contributed by atoms with Gasteiger partial charge in [0.2, 0.25) is 0 Å². The molecular weight excluding hydrogens is 154 g/mol. The second-order valence-electron chi connectivity index (χ2n) is 2.79. The summed E-state index contributed by atoms with van der Waals surface area (Å²) in [4.78, 5) is 0. The van der Waals surface area contributed by atoms with E-state index in [-0.39, 0.29) is 19.0 Å². The van der Waals surface area contributed by atoms with Gasteiger partial charge >= 0.3 is 0 Å². The van der Waals surface area contributed by atoms with Gasteiger partial charge in [-0.3, -0.25) is 0 Å². The lowest BCUT2D eigenvalue weighted by Gasteiger charge is -2.41. The number of hydrogen-bond donors (Lipinski definition) is 3. The lowest BCUT2D eigenvalue weighted by atomic mass is 9.74. The third-order valence-electron chi connectivity index (χ3n) is 2.12. The fourth-order valence-electron chi connectivity index (χ4n) is 1.10. The summed E-state index contributed by atoms with van der Waals surface area (Å²) < 4.78 is 0. The zero-order valence-corrected chi connectivity index (χ0v) is 6.60. The fourth-order valence-corrected chi connectivity index (χ4v) is 1.10. The van der Waals surface area contributed by atoms with Crippen LogP contribution in [-0.2, 0) is 0 Å². The van der Waals surface area contributed by atoms with Crippen molar-refractivity contribution < 1.29 is 10.2 Å². The Hall–Kier alpha value is 0.170. The summed E-state index contributed by atoms with van der Waals surface area (Å²) in [5.74, 6) is 0. The molecule has 4 N–H and O–H groups in total. The molecular formula is C6H14ClNO2. The molecule has 1 saturated carbocycles. The van der Waals surface area contributed by atoms with Gasteiger partial charge in [-0.25, -0.2) is 0 Å². The number of rotatable bonds is 2. The third kappa shape index (κ3) is 1.61. The van der Waals surface area contributed by atoms with Gasteiger partial charge in [-0.1, -0.05) is 0 Å². The van der Waals surface area contributed by atoms with Crippen LogP contribution in [0.2, 0.25) is 0 Å². The Morgan fingerprint density at radius 2 is 2.00 bits per heavy atom. The monoisotopic (exact) mass is 167 g/mol. The molecule has 1 aliphatic rings. The van der Waals surface area contributed by atoms with Gasteiger partial charge in [-0.2, -0.15) is 0 Å². The van der Waals surface area contributed by atoms with E-state index in [1.165, 1.54) is 0 Å². The highest BCUT2D eigenvalue weighted by atomic mass is 35.5. The van der Waals surface area contributed by atoms with Crippen molar-refractivity contribution in [2.24, 2.45) is 5.73 Å². The van der Waals surface area contributed by atoms with Crippen LogP contribution in [0.5, 0.6) is 0 Å². The molecule has 0 heterocycles. The molecule has 0 aliphatic heterocycles. The van der Waals surface area contributed by atoms with E-state index in [4.69, 9.17) is 15.9 Å². The van der Waals surface area contributed by atoms with Crippen LogP contribution >= 0.6 is 12.4 Å². The highest BCUT2D eigenvalue weighted by Gasteiger charge is 2.38. The summed E-state index contributed by atoms with van der Waals surface area (Å²) in [6.45, 7) is -0.212. The molecule has 4 heteroatoms. The molecule has 1 aliphatic carbocycles. The summed E-state index contributed by atoms with van der Waals surface area (Å²) >= 11 is 0. The van der Waals surface area contributed by atoms with Crippen molar-refractivity contribution >= 4 is 12.4 Å². The number of hydrogen-bond acceptors (Lipinski definition) is 3. The molecule has 0 saturated heterocycles. The van der Waals surface area contributed by atoms with Crippen molar-refractivity contribution in [2.45, 2.75) is 30.9 Å². The van der Waals surface area contributed by atoms with Gasteiger partial charge in [0, 0.05) is 5.54 Å². The average Bonchev–Trinajstić information content (AvgIpc) is 1.81. The molecule has 0 bridgehead atoms. The highest BCUT2D eigenvalue weighted by molar-refractivity contribution is 5.85. The maximum Gasteiger partial charge on any atom is 0.0949 e. The lowest BCUT2D eigenvalue weighted by molar-refractivity contribution is -0.00475. The summed E-state index contributed by atoms with van der Waals surface area (Å²) in [5.41, 5.74) is 5.18. The lowest BCUT2D eigenvalue weighted by Crippen LogP contribution is -2.57. The summed E-state index contributed by atoms with van der Waals surface area (Å²) in [6, 6.07) is 0. The first-order chi connectivity index (χ1) is 4.19. The van der Waals surface area contributed by atoms with Crippen molar-refractivity contribution in [3.8, 4) is 0 Å². The van der Waals surface area contributed by atoms with Gasteiger partial charge < -0.3 is 15.9 Å². The molecule has 0 aromatic carbocycles. The van der Waals surface area contributed by atoms with Crippen LogP contribution in [0.4, 0.5) is 0 Å². The van der Waals surface area contributed by atoms with Crippen molar-refractivity contribution in [1.29, 1.82) is 0 Å². The molecule has 0 amide bonds. The van der Waals surface area contributed by atoms with E-state index in [2.05, 4.69) is 0 Å². The van der Waals surface area contributed by atoms with Crippen LogP contribution in [-0.4, -0.2) is 28.5 Å². The Balaban J connectivity index is 0.000000810. The topological polar surface area (TPSA) is 66.5 Å². The third-order valence-corrected chi connectivity index (χ3v) is 2.12. The van der Waals surface area contributed by atoms with Gasteiger partial charge in [0.15, 0.2) is 0 Å². The molecule has 1 unspecified atom stereocenters. The van der Waals surface area contributed by atoms with Crippen LogP contribution in [0.25, 0.3) is 0 Å². The minimum atomic E-state index is -0.716. The van der Waals surface area contributed by atoms with E-state index >= 15 is 0 Å². The Morgan fingerprint density at radius 1 is 1.50 bits per heavy atom. The highest BCUT2D eigenvalue weighted by Crippen LogP contribution is 2.31. The molecule has 1 rings (SSSR count). The maximum atomic E-state index is 9.06. The van der Waals surface area contributed by atoms with Crippen LogP contribution in [0.1, 0.15) is 19.3 Å². The summed E-state index contributed by atoms with van der Waals surface area (Å²) in [6.07, 6.45) is 2.04. The maximum absolute atomic E-state index is 9.06.